The maximum Gasteiger partial charge on any atom is 0.251 e. The predicted octanol–water partition coefficient (Wildman–Crippen LogP) is 3.28. The van der Waals surface area contributed by atoms with E-state index in [-0.39, 0.29) is 5.91 Å². The van der Waals surface area contributed by atoms with Gasteiger partial charge in [-0.2, -0.15) is 0 Å². The van der Waals surface area contributed by atoms with Gasteiger partial charge in [0.25, 0.3) is 5.91 Å². The molecule has 0 aliphatic rings. The fourth-order valence-electron chi connectivity index (χ4n) is 2.06. The first-order valence-corrected chi connectivity index (χ1v) is 6.72. The summed E-state index contributed by atoms with van der Waals surface area (Å²) >= 11 is 0. The maximum atomic E-state index is 12.2. The van der Waals surface area contributed by atoms with Gasteiger partial charge in [-0.25, -0.2) is 0 Å². The fourth-order valence-corrected chi connectivity index (χ4v) is 2.06. The lowest BCUT2D eigenvalue weighted by molar-refractivity contribution is 0.0950. The summed E-state index contributed by atoms with van der Waals surface area (Å²) in [6.07, 6.45) is 0. The molecular formula is C17H20N2O. The molecule has 0 aliphatic carbocycles. The van der Waals surface area contributed by atoms with Gasteiger partial charge in [0.05, 0.1) is 0 Å². The Labute approximate surface area is 120 Å². The van der Waals surface area contributed by atoms with Crippen molar-refractivity contribution in [3.05, 3.63) is 64.7 Å². The molecule has 3 nitrogen and oxygen atoms in total. The highest BCUT2D eigenvalue weighted by atomic mass is 16.1. The lowest BCUT2D eigenvalue weighted by Crippen LogP contribution is -2.23. The van der Waals surface area contributed by atoms with Gasteiger partial charge in [-0.05, 0) is 43.2 Å². The van der Waals surface area contributed by atoms with Crippen molar-refractivity contribution < 1.29 is 4.79 Å². The summed E-state index contributed by atoms with van der Waals surface area (Å²) in [6, 6.07) is 13.9. The second-order valence-corrected chi connectivity index (χ2v) is 4.95. The molecule has 2 N–H and O–H groups in total. The van der Waals surface area contributed by atoms with Gasteiger partial charge in [0.1, 0.15) is 0 Å². The van der Waals surface area contributed by atoms with Crippen LogP contribution in [0.2, 0.25) is 0 Å². The van der Waals surface area contributed by atoms with Crippen LogP contribution in [0.15, 0.2) is 42.5 Å². The first-order chi connectivity index (χ1) is 9.60. The maximum absolute atomic E-state index is 12.2. The van der Waals surface area contributed by atoms with Crippen LogP contribution in [0.4, 0.5) is 5.69 Å². The van der Waals surface area contributed by atoms with Gasteiger partial charge in [-0.1, -0.05) is 29.8 Å². The Kier molecular flexibility index (Phi) is 4.41. The second-order valence-electron chi connectivity index (χ2n) is 4.95. The Balaban J connectivity index is 2.03. The molecule has 0 spiro atoms. The molecule has 0 heterocycles. The van der Waals surface area contributed by atoms with Gasteiger partial charge in [-0.15, -0.1) is 0 Å². The Morgan fingerprint density at radius 3 is 2.35 bits per heavy atom. The average Bonchev–Trinajstić information content (AvgIpc) is 2.46. The zero-order valence-electron chi connectivity index (χ0n) is 12.2. The smallest absolute Gasteiger partial charge is 0.251 e. The van der Waals surface area contributed by atoms with Crippen LogP contribution in [0.5, 0.6) is 0 Å². The molecule has 0 aromatic heterocycles. The van der Waals surface area contributed by atoms with Crippen LogP contribution in [0, 0.1) is 13.8 Å². The van der Waals surface area contributed by atoms with Crippen LogP contribution >= 0.6 is 0 Å². The number of anilines is 1. The highest BCUT2D eigenvalue weighted by Gasteiger charge is 2.08. The van der Waals surface area contributed by atoms with Crippen molar-refractivity contribution in [2.75, 3.05) is 12.4 Å². The predicted molar refractivity (Wildman–Crippen MR) is 83.1 cm³/mol. The van der Waals surface area contributed by atoms with E-state index in [0.717, 1.165) is 22.4 Å². The van der Waals surface area contributed by atoms with Crippen molar-refractivity contribution in [3.8, 4) is 0 Å². The third-order valence-corrected chi connectivity index (χ3v) is 3.33. The largest absolute Gasteiger partial charge is 0.388 e. The third kappa shape index (κ3) is 3.38. The SMILES string of the molecule is CNc1ccc(C(=O)NCc2ccc(C)cc2)c(C)c1. The van der Waals surface area contributed by atoms with Gasteiger partial charge in [-0.3, -0.25) is 4.79 Å². The Hall–Kier alpha value is -2.29. The number of hydrogen-bond acceptors (Lipinski definition) is 2. The van der Waals surface area contributed by atoms with Crippen molar-refractivity contribution in [2.45, 2.75) is 20.4 Å². The molecule has 0 saturated carbocycles. The standard InChI is InChI=1S/C17H20N2O/c1-12-4-6-14(7-5-12)11-19-17(20)16-9-8-15(18-3)10-13(16)2/h4-10,18H,11H2,1-3H3,(H,19,20). The van der Waals surface area contributed by atoms with Crippen molar-refractivity contribution >= 4 is 11.6 Å². The number of hydrogen-bond donors (Lipinski definition) is 2. The summed E-state index contributed by atoms with van der Waals surface area (Å²) in [5.74, 6) is -0.0364. The first-order valence-electron chi connectivity index (χ1n) is 6.72. The molecule has 0 saturated heterocycles. The number of benzene rings is 2. The van der Waals surface area contributed by atoms with Crippen molar-refractivity contribution in [2.24, 2.45) is 0 Å². The lowest BCUT2D eigenvalue weighted by atomic mass is 10.1. The molecule has 2 aromatic carbocycles. The van der Waals surface area contributed by atoms with E-state index < -0.39 is 0 Å². The summed E-state index contributed by atoms with van der Waals surface area (Å²) in [5, 5.41) is 6.02. The van der Waals surface area contributed by atoms with Crippen LogP contribution in [-0.2, 0) is 6.54 Å². The summed E-state index contributed by atoms with van der Waals surface area (Å²) in [7, 11) is 1.87. The summed E-state index contributed by atoms with van der Waals surface area (Å²) < 4.78 is 0. The molecule has 1 amide bonds. The van der Waals surface area contributed by atoms with E-state index >= 15 is 0 Å². The minimum Gasteiger partial charge on any atom is -0.388 e. The molecular weight excluding hydrogens is 248 g/mol. The van der Waals surface area contributed by atoms with Crippen molar-refractivity contribution in [1.82, 2.24) is 5.32 Å². The number of amides is 1. The van der Waals surface area contributed by atoms with E-state index in [1.54, 1.807) is 0 Å². The molecule has 2 rings (SSSR count). The van der Waals surface area contributed by atoms with Gasteiger partial charge in [0.15, 0.2) is 0 Å². The van der Waals surface area contributed by atoms with E-state index in [1.807, 2.05) is 44.3 Å². The average molecular weight is 268 g/mol. The first kappa shape index (κ1) is 14.1. The van der Waals surface area contributed by atoms with Crippen LogP contribution in [0.25, 0.3) is 0 Å². The normalized spacial score (nSPS) is 10.2. The minimum absolute atomic E-state index is 0.0364. The summed E-state index contributed by atoms with van der Waals surface area (Å²) in [4.78, 5) is 12.2. The molecule has 0 atom stereocenters. The number of nitrogens with one attached hydrogen (secondary N) is 2. The fraction of sp³-hybridized carbons (Fsp3) is 0.235. The van der Waals surface area contributed by atoms with Crippen LogP contribution in [0.1, 0.15) is 27.0 Å². The summed E-state index contributed by atoms with van der Waals surface area (Å²) in [6.45, 7) is 4.54. The van der Waals surface area contributed by atoms with Crippen molar-refractivity contribution in [1.29, 1.82) is 0 Å². The van der Waals surface area contributed by atoms with E-state index in [0.29, 0.717) is 6.54 Å². The van der Waals surface area contributed by atoms with Gasteiger partial charge in [0.2, 0.25) is 0 Å². The van der Waals surface area contributed by atoms with Crippen LogP contribution in [0.3, 0.4) is 0 Å². The van der Waals surface area contributed by atoms with E-state index in [2.05, 4.69) is 29.7 Å². The quantitative estimate of drug-likeness (QED) is 0.893. The molecule has 0 radical (unpaired) electrons. The molecule has 20 heavy (non-hydrogen) atoms. The molecule has 0 fully saturated rings. The number of rotatable bonds is 4. The van der Waals surface area contributed by atoms with Gasteiger partial charge in [0, 0.05) is 24.8 Å². The Morgan fingerprint density at radius 1 is 1.05 bits per heavy atom. The topological polar surface area (TPSA) is 41.1 Å². The Bertz CT molecular complexity index is 603. The highest BCUT2D eigenvalue weighted by Crippen LogP contribution is 2.14. The van der Waals surface area contributed by atoms with E-state index in [4.69, 9.17) is 0 Å². The molecule has 0 aliphatic heterocycles. The lowest BCUT2D eigenvalue weighted by Gasteiger charge is -2.09. The number of carbonyl (C=O) groups is 1. The molecule has 104 valence electrons. The number of aryl methyl sites for hydroxylation is 2. The minimum atomic E-state index is -0.0364. The van der Waals surface area contributed by atoms with Crippen LogP contribution in [-0.4, -0.2) is 13.0 Å². The van der Waals surface area contributed by atoms with Gasteiger partial charge < -0.3 is 10.6 Å². The van der Waals surface area contributed by atoms with Crippen molar-refractivity contribution in [3.63, 3.8) is 0 Å². The van der Waals surface area contributed by atoms with Gasteiger partial charge >= 0.3 is 0 Å². The van der Waals surface area contributed by atoms with E-state index in [1.165, 1.54) is 5.56 Å². The molecule has 0 unspecified atom stereocenters. The van der Waals surface area contributed by atoms with Crippen LogP contribution < -0.4 is 10.6 Å². The monoisotopic (exact) mass is 268 g/mol. The molecule has 3 heteroatoms. The summed E-state index contributed by atoms with van der Waals surface area (Å²) in [5.41, 5.74) is 5.03. The zero-order valence-corrected chi connectivity index (χ0v) is 12.2. The Morgan fingerprint density at radius 2 is 1.75 bits per heavy atom. The molecule has 0 bridgehead atoms. The second kappa shape index (κ2) is 6.24. The molecule has 2 aromatic rings. The van der Waals surface area contributed by atoms with E-state index in [9.17, 15) is 4.79 Å². The zero-order chi connectivity index (χ0) is 14.5. The highest BCUT2D eigenvalue weighted by molar-refractivity contribution is 5.96. The number of carbonyl (C=O) groups excluding carboxylic acids is 1. The third-order valence-electron chi connectivity index (χ3n) is 3.33.